The molecule has 4 rings (SSSR count). The Morgan fingerprint density at radius 3 is 2.57 bits per heavy atom. The van der Waals surface area contributed by atoms with E-state index in [2.05, 4.69) is 21.2 Å². The molecule has 0 radical (unpaired) electrons. The second kappa shape index (κ2) is 7.13. The van der Waals surface area contributed by atoms with Crippen molar-refractivity contribution in [3.8, 4) is 11.5 Å². The van der Waals surface area contributed by atoms with Gasteiger partial charge in [-0.3, -0.25) is 9.59 Å². The average molecular weight is 445 g/mol. The average Bonchev–Trinajstić information content (AvgIpc) is 3.24. The van der Waals surface area contributed by atoms with Crippen molar-refractivity contribution in [2.45, 2.75) is 38.5 Å². The number of anilines is 1. The lowest BCUT2D eigenvalue weighted by atomic mass is 10.1. The Morgan fingerprint density at radius 2 is 1.82 bits per heavy atom. The topological polar surface area (TPSA) is 67.9 Å². The lowest BCUT2D eigenvalue weighted by molar-refractivity contribution is -0.119. The summed E-state index contributed by atoms with van der Waals surface area (Å²) < 4.78 is 12.3. The van der Waals surface area contributed by atoms with E-state index < -0.39 is 11.8 Å². The number of fused-ring (bicyclic) bond motifs is 1. The molecule has 2 aliphatic heterocycles. The fourth-order valence-electron chi connectivity index (χ4n) is 3.57. The number of nitrogens with zero attached hydrogens (tertiary/aromatic N) is 1. The molecule has 2 aromatic rings. The van der Waals surface area contributed by atoms with Gasteiger partial charge in [0.1, 0.15) is 6.04 Å². The molecule has 0 bridgehead atoms. The van der Waals surface area contributed by atoms with E-state index in [9.17, 15) is 9.59 Å². The quantitative estimate of drug-likeness (QED) is 0.769. The molecule has 0 saturated carbocycles. The number of rotatable bonds is 3. The van der Waals surface area contributed by atoms with Crippen molar-refractivity contribution in [1.29, 1.82) is 0 Å². The molecule has 2 amide bonds. The van der Waals surface area contributed by atoms with E-state index in [4.69, 9.17) is 9.47 Å². The summed E-state index contributed by atoms with van der Waals surface area (Å²) in [7, 11) is 0. The van der Waals surface area contributed by atoms with Gasteiger partial charge in [0.2, 0.25) is 11.7 Å². The molecule has 1 N–H and O–H groups in total. The summed E-state index contributed by atoms with van der Waals surface area (Å²) in [4.78, 5) is 27.3. The summed E-state index contributed by atoms with van der Waals surface area (Å²) in [6.07, 6.45) is 1.45. The number of halogens is 1. The second-order valence-electron chi connectivity index (χ2n) is 7.42. The van der Waals surface area contributed by atoms with Gasteiger partial charge < -0.3 is 19.7 Å². The highest BCUT2D eigenvalue weighted by molar-refractivity contribution is 9.10. The monoisotopic (exact) mass is 444 g/mol. The fraction of sp³-hybridized carbons (Fsp3) is 0.333. The van der Waals surface area contributed by atoms with Crippen LogP contribution >= 0.6 is 15.9 Å². The van der Waals surface area contributed by atoms with E-state index in [1.54, 1.807) is 35.2 Å². The van der Waals surface area contributed by atoms with Gasteiger partial charge in [-0.15, -0.1) is 0 Å². The fourth-order valence-corrected chi connectivity index (χ4v) is 3.83. The minimum absolute atomic E-state index is 0.127. The van der Waals surface area contributed by atoms with Crippen LogP contribution in [0.2, 0.25) is 0 Å². The minimum Gasteiger partial charge on any atom is -0.449 e. The molecule has 1 unspecified atom stereocenters. The molecule has 7 heteroatoms. The molecule has 2 aromatic carbocycles. The zero-order valence-corrected chi connectivity index (χ0v) is 17.3. The van der Waals surface area contributed by atoms with Crippen LogP contribution < -0.4 is 14.8 Å². The lowest BCUT2D eigenvalue weighted by Crippen LogP contribution is -2.43. The lowest BCUT2D eigenvalue weighted by Gasteiger charge is -2.24. The summed E-state index contributed by atoms with van der Waals surface area (Å²) in [6, 6.07) is 12.0. The van der Waals surface area contributed by atoms with E-state index in [0.29, 0.717) is 35.7 Å². The van der Waals surface area contributed by atoms with Gasteiger partial charge in [-0.1, -0.05) is 15.9 Å². The number of hydrogen-bond donors (Lipinski definition) is 1. The van der Waals surface area contributed by atoms with Crippen LogP contribution in [0.4, 0.5) is 5.69 Å². The van der Waals surface area contributed by atoms with Crippen LogP contribution in [0.3, 0.4) is 0 Å². The van der Waals surface area contributed by atoms with E-state index >= 15 is 0 Å². The number of carbonyl (C=O) groups excluding carboxylic acids is 2. The van der Waals surface area contributed by atoms with Crippen LogP contribution in [0.15, 0.2) is 46.9 Å². The molecule has 1 fully saturated rings. The van der Waals surface area contributed by atoms with Crippen LogP contribution in [0, 0.1) is 0 Å². The summed E-state index contributed by atoms with van der Waals surface area (Å²) in [5, 5.41) is 2.91. The molecule has 0 spiro atoms. The maximum atomic E-state index is 12.9. The molecule has 2 aliphatic rings. The van der Waals surface area contributed by atoms with Gasteiger partial charge in [0, 0.05) is 42.2 Å². The Balaban J connectivity index is 1.47. The molecule has 0 aromatic heterocycles. The van der Waals surface area contributed by atoms with Crippen molar-refractivity contribution in [2.24, 2.45) is 0 Å². The van der Waals surface area contributed by atoms with E-state index in [1.165, 1.54) is 0 Å². The molecule has 6 nitrogen and oxygen atoms in total. The predicted octanol–water partition coefficient (Wildman–Crippen LogP) is 4.20. The van der Waals surface area contributed by atoms with E-state index in [-0.39, 0.29) is 11.8 Å². The van der Waals surface area contributed by atoms with Gasteiger partial charge in [-0.2, -0.15) is 0 Å². The molecule has 146 valence electrons. The van der Waals surface area contributed by atoms with Crippen molar-refractivity contribution < 1.29 is 19.1 Å². The maximum Gasteiger partial charge on any atom is 0.254 e. The van der Waals surface area contributed by atoms with Gasteiger partial charge >= 0.3 is 0 Å². The van der Waals surface area contributed by atoms with Crippen molar-refractivity contribution in [3.63, 3.8) is 0 Å². The predicted molar refractivity (Wildman–Crippen MR) is 109 cm³/mol. The summed E-state index contributed by atoms with van der Waals surface area (Å²) in [6.45, 7) is 4.23. The first kappa shape index (κ1) is 18.8. The minimum atomic E-state index is -0.718. The highest BCUT2D eigenvalue weighted by atomic mass is 79.9. The third kappa shape index (κ3) is 3.71. The molecule has 1 saturated heterocycles. The van der Waals surface area contributed by atoms with Crippen LogP contribution in [0.5, 0.6) is 11.5 Å². The van der Waals surface area contributed by atoms with Crippen molar-refractivity contribution >= 4 is 33.4 Å². The first-order valence-electron chi connectivity index (χ1n) is 9.22. The number of ether oxygens (including phenoxy) is 2. The Labute approximate surface area is 171 Å². The summed E-state index contributed by atoms with van der Waals surface area (Å²) in [5.74, 6) is 0.205. The number of likely N-dealkylation sites (tertiary alicyclic amines) is 1. The van der Waals surface area contributed by atoms with Gasteiger partial charge in [0.05, 0.1) is 0 Å². The van der Waals surface area contributed by atoms with Crippen LogP contribution in [-0.4, -0.2) is 35.1 Å². The van der Waals surface area contributed by atoms with Crippen molar-refractivity contribution in [1.82, 2.24) is 4.90 Å². The molecule has 2 heterocycles. The van der Waals surface area contributed by atoms with Crippen LogP contribution in [0.1, 0.15) is 37.0 Å². The van der Waals surface area contributed by atoms with Gasteiger partial charge in [0.15, 0.2) is 11.5 Å². The van der Waals surface area contributed by atoms with Gasteiger partial charge in [-0.05, 0) is 49.2 Å². The standard InChI is InChI=1S/C21H21BrN2O4/c1-21(2)27-17-10-9-15(12-18(17)28-21)23-19(25)16-4-3-11-24(16)20(26)13-5-7-14(22)8-6-13/h5-10,12,16H,3-4,11H2,1-2H3,(H,23,25). The Kier molecular flexibility index (Phi) is 4.79. The van der Waals surface area contributed by atoms with Crippen LogP contribution in [-0.2, 0) is 4.79 Å². The first-order chi connectivity index (χ1) is 13.3. The molecule has 1 atom stereocenters. The zero-order chi connectivity index (χ0) is 19.9. The number of amides is 2. The van der Waals surface area contributed by atoms with Crippen molar-refractivity contribution in [3.05, 3.63) is 52.5 Å². The SMILES string of the molecule is CC1(C)Oc2ccc(NC(=O)C3CCCN3C(=O)c3ccc(Br)cc3)cc2O1. The molecular weight excluding hydrogens is 424 g/mol. The maximum absolute atomic E-state index is 12.9. The number of hydrogen-bond acceptors (Lipinski definition) is 4. The highest BCUT2D eigenvalue weighted by Crippen LogP contribution is 2.40. The highest BCUT2D eigenvalue weighted by Gasteiger charge is 2.35. The normalized spacial score (nSPS) is 19.5. The van der Waals surface area contributed by atoms with Gasteiger partial charge in [0.25, 0.3) is 5.91 Å². The Bertz CT molecular complexity index is 927. The van der Waals surface area contributed by atoms with E-state index in [1.807, 2.05) is 26.0 Å². The van der Waals surface area contributed by atoms with E-state index in [0.717, 1.165) is 10.9 Å². The number of carbonyl (C=O) groups is 2. The third-order valence-corrected chi connectivity index (χ3v) is 5.36. The van der Waals surface area contributed by atoms with Gasteiger partial charge in [-0.25, -0.2) is 0 Å². The summed E-state index contributed by atoms with van der Waals surface area (Å²) >= 11 is 3.37. The third-order valence-electron chi connectivity index (χ3n) is 4.83. The van der Waals surface area contributed by atoms with Crippen molar-refractivity contribution in [2.75, 3.05) is 11.9 Å². The largest absolute Gasteiger partial charge is 0.449 e. The smallest absolute Gasteiger partial charge is 0.254 e. The molecule has 28 heavy (non-hydrogen) atoms. The van der Waals surface area contributed by atoms with Crippen LogP contribution in [0.25, 0.3) is 0 Å². The second-order valence-corrected chi connectivity index (χ2v) is 8.33. The Morgan fingerprint density at radius 1 is 1.11 bits per heavy atom. The molecule has 0 aliphatic carbocycles. The molecular formula is C21H21BrN2O4. The number of nitrogens with one attached hydrogen (secondary N) is 1. The Hall–Kier alpha value is -2.54. The first-order valence-corrected chi connectivity index (χ1v) is 10.0. The summed E-state index contributed by atoms with van der Waals surface area (Å²) in [5.41, 5.74) is 1.20. The zero-order valence-electron chi connectivity index (χ0n) is 15.7. The number of benzene rings is 2.